The predicted molar refractivity (Wildman–Crippen MR) is 119 cm³/mol. The van der Waals surface area contributed by atoms with Gasteiger partial charge in [-0.25, -0.2) is 8.42 Å². The molecule has 1 saturated heterocycles. The highest BCUT2D eigenvalue weighted by molar-refractivity contribution is 7.89. The Balaban J connectivity index is 1.52. The summed E-state index contributed by atoms with van der Waals surface area (Å²) in [7, 11) is -2.03. The number of hydrogen-bond donors (Lipinski definition) is 1. The molecule has 1 aromatic carbocycles. The van der Waals surface area contributed by atoms with Crippen molar-refractivity contribution in [3.8, 4) is 0 Å². The second-order valence-electron chi connectivity index (χ2n) is 9.71. The lowest BCUT2D eigenvalue weighted by molar-refractivity contribution is -0.127. The van der Waals surface area contributed by atoms with Crippen molar-refractivity contribution in [1.29, 1.82) is 0 Å². The number of amides is 2. The molecular weight excluding hydrogens is 414 g/mol. The van der Waals surface area contributed by atoms with Crippen LogP contribution in [0.25, 0.3) is 0 Å². The molecule has 2 fully saturated rings. The van der Waals surface area contributed by atoms with Gasteiger partial charge in [-0.05, 0) is 63.3 Å². The van der Waals surface area contributed by atoms with Crippen LogP contribution in [0.2, 0.25) is 0 Å². The zero-order valence-electron chi connectivity index (χ0n) is 18.7. The third-order valence-corrected chi connectivity index (χ3v) is 9.05. The Morgan fingerprint density at radius 2 is 1.81 bits per heavy atom. The molecule has 0 radical (unpaired) electrons. The molecule has 7 nitrogen and oxygen atoms in total. The molecule has 0 aromatic heterocycles. The molecule has 1 N–H and O–H groups in total. The molecule has 1 aliphatic carbocycles. The van der Waals surface area contributed by atoms with Gasteiger partial charge in [0.25, 0.3) is 0 Å². The van der Waals surface area contributed by atoms with Crippen LogP contribution >= 0.6 is 0 Å². The smallest absolute Gasteiger partial charge is 0.243 e. The summed E-state index contributed by atoms with van der Waals surface area (Å²) in [5.41, 5.74) is 0.710. The van der Waals surface area contributed by atoms with Crippen molar-refractivity contribution >= 4 is 27.5 Å². The molecule has 2 amide bonds. The van der Waals surface area contributed by atoms with Crippen LogP contribution in [0.3, 0.4) is 0 Å². The number of piperidine rings is 1. The van der Waals surface area contributed by atoms with Gasteiger partial charge in [-0.15, -0.1) is 0 Å². The largest absolute Gasteiger partial charge is 0.353 e. The fraction of sp³-hybridized carbons (Fsp3) is 0.652. The first-order chi connectivity index (χ1) is 14.6. The summed E-state index contributed by atoms with van der Waals surface area (Å²) in [6, 6.07) is 5.15. The average Bonchev–Trinajstić information content (AvgIpc) is 2.94. The molecule has 4 rings (SSSR count). The lowest BCUT2D eigenvalue weighted by atomic mass is 9.86. The summed E-state index contributed by atoms with van der Waals surface area (Å²) in [6.07, 6.45) is 6.91. The maximum absolute atomic E-state index is 13.4. The van der Waals surface area contributed by atoms with E-state index in [0.29, 0.717) is 19.4 Å². The monoisotopic (exact) mass is 447 g/mol. The number of hydrogen-bond acceptors (Lipinski definition) is 4. The van der Waals surface area contributed by atoms with Gasteiger partial charge in [-0.3, -0.25) is 9.59 Å². The van der Waals surface area contributed by atoms with Gasteiger partial charge in [0.05, 0.1) is 16.2 Å². The number of nitrogens with one attached hydrogen (secondary N) is 1. The molecule has 1 saturated carbocycles. The topological polar surface area (TPSA) is 86.8 Å². The van der Waals surface area contributed by atoms with E-state index in [9.17, 15) is 18.0 Å². The summed E-state index contributed by atoms with van der Waals surface area (Å²) in [6.45, 7) is 4.26. The van der Waals surface area contributed by atoms with Gasteiger partial charge in [0.1, 0.15) is 0 Å². The molecule has 0 bridgehead atoms. The number of carbonyl (C=O) groups excluding carboxylic acids is 2. The van der Waals surface area contributed by atoms with Gasteiger partial charge in [0.2, 0.25) is 21.8 Å². The summed E-state index contributed by atoms with van der Waals surface area (Å²) < 4.78 is 28.3. The normalized spacial score (nSPS) is 24.8. The van der Waals surface area contributed by atoms with E-state index >= 15 is 0 Å². The Morgan fingerprint density at radius 1 is 1.10 bits per heavy atom. The first-order valence-electron chi connectivity index (χ1n) is 11.4. The van der Waals surface area contributed by atoms with Crippen LogP contribution in [0.1, 0.15) is 64.4 Å². The van der Waals surface area contributed by atoms with Gasteiger partial charge in [0, 0.05) is 31.9 Å². The summed E-state index contributed by atoms with van der Waals surface area (Å²) in [4.78, 5) is 27.1. The molecular formula is C23H33N3O4S. The molecule has 1 atom stereocenters. The Bertz CT molecular complexity index is 983. The van der Waals surface area contributed by atoms with Crippen LogP contribution < -0.4 is 10.2 Å². The van der Waals surface area contributed by atoms with Crippen LogP contribution in [0.15, 0.2) is 23.1 Å². The van der Waals surface area contributed by atoms with E-state index in [4.69, 9.17) is 0 Å². The molecule has 0 spiro atoms. The van der Waals surface area contributed by atoms with E-state index in [0.717, 1.165) is 36.9 Å². The van der Waals surface area contributed by atoms with E-state index < -0.39 is 15.4 Å². The maximum Gasteiger partial charge on any atom is 0.243 e. The van der Waals surface area contributed by atoms with Crippen molar-refractivity contribution < 1.29 is 18.0 Å². The van der Waals surface area contributed by atoms with Crippen molar-refractivity contribution in [2.45, 2.75) is 75.1 Å². The van der Waals surface area contributed by atoms with Crippen molar-refractivity contribution in [2.75, 3.05) is 25.0 Å². The predicted octanol–water partition coefficient (Wildman–Crippen LogP) is 2.79. The number of rotatable bonds is 4. The summed E-state index contributed by atoms with van der Waals surface area (Å²) >= 11 is 0. The number of likely N-dealkylation sites (N-methyl/N-ethyl adjacent to an activating group) is 1. The lowest BCUT2D eigenvalue weighted by Gasteiger charge is -2.33. The second-order valence-corrected chi connectivity index (χ2v) is 11.7. The first-order valence-corrected chi connectivity index (χ1v) is 12.8. The molecule has 1 aromatic rings. The van der Waals surface area contributed by atoms with Crippen molar-refractivity contribution in [2.24, 2.45) is 5.92 Å². The van der Waals surface area contributed by atoms with E-state index in [1.807, 2.05) is 13.8 Å². The molecule has 0 unspecified atom stereocenters. The van der Waals surface area contributed by atoms with Crippen molar-refractivity contribution in [3.63, 3.8) is 0 Å². The first kappa shape index (κ1) is 22.3. The highest BCUT2D eigenvalue weighted by Gasteiger charge is 2.43. The zero-order chi connectivity index (χ0) is 22.4. The van der Waals surface area contributed by atoms with Crippen molar-refractivity contribution in [3.05, 3.63) is 23.8 Å². The quantitative estimate of drug-likeness (QED) is 0.769. The number of nitrogens with zero attached hydrogens (tertiary/aromatic N) is 2. The summed E-state index contributed by atoms with van der Waals surface area (Å²) in [5.74, 6) is -0.382. The second kappa shape index (κ2) is 8.20. The van der Waals surface area contributed by atoms with Crippen LogP contribution in [-0.4, -0.2) is 50.7 Å². The van der Waals surface area contributed by atoms with E-state index in [-0.39, 0.29) is 35.2 Å². The van der Waals surface area contributed by atoms with Gasteiger partial charge in [-0.1, -0.05) is 19.3 Å². The van der Waals surface area contributed by atoms with Crippen LogP contribution in [0.5, 0.6) is 0 Å². The van der Waals surface area contributed by atoms with Gasteiger partial charge >= 0.3 is 0 Å². The molecule has 2 heterocycles. The minimum Gasteiger partial charge on any atom is -0.353 e. The molecule has 2 aliphatic heterocycles. The number of sulfonamides is 1. The van der Waals surface area contributed by atoms with E-state index in [1.54, 1.807) is 30.1 Å². The minimum absolute atomic E-state index is 0.0193. The van der Waals surface area contributed by atoms with Crippen LogP contribution in [0, 0.1) is 5.92 Å². The van der Waals surface area contributed by atoms with Crippen LogP contribution in [-0.2, 0) is 25.0 Å². The number of benzene rings is 1. The third-order valence-electron chi connectivity index (χ3n) is 7.19. The highest BCUT2D eigenvalue weighted by Crippen LogP contribution is 2.42. The minimum atomic E-state index is -3.74. The molecule has 170 valence electrons. The zero-order valence-corrected chi connectivity index (χ0v) is 19.5. The molecule has 3 aliphatic rings. The van der Waals surface area contributed by atoms with Crippen molar-refractivity contribution in [1.82, 2.24) is 9.62 Å². The fourth-order valence-corrected chi connectivity index (χ4v) is 6.75. The maximum atomic E-state index is 13.4. The number of carbonyl (C=O) groups is 2. The van der Waals surface area contributed by atoms with E-state index in [2.05, 4.69) is 5.32 Å². The fourth-order valence-electron chi connectivity index (χ4n) is 5.20. The Labute approximate surface area is 185 Å². The Kier molecular flexibility index (Phi) is 5.89. The number of fused-ring (bicyclic) bond motifs is 1. The van der Waals surface area contributed by atoms with E-state index in [1.165, 1.54) is 10.7 Å². The van der Waals surface area contributed by atoms with Gasteiger partial charge in [0.15, 0.2) is 0 Å². The lowest BCUT2D eigenvalue weighted by Crippen LogP contribution is -2.47. The SMILES string of the molecule is CN1C(=O)C(C)(C)c2cc(S(=O)(=O)N3CCC[C@H](C(=O)NC4CCCCC4)C3)ccc21. The van der Waals surface area contributed by atoms with Crippen LogP contribution in [0.4, 0.5) is 5.69 Å². The Hall–Kier alpha value is -1.93. The van der Waals surface area contributed by atoms with Gasteiger partial charge in [-0.2, -0.15) is 4.31 Å². The third kappa shape index (κ3) is 4.00. The average molecular weight is 448 g/mol. The summed E-state index contributed by atoms with van der Waals surface area (Å²) in [5, 5.41) is 3.15. The van der Waals surface area contributed by atoms with Gasteiger partial charge < -0.3 is 10.2 Å². The molecule has 31 heavy (non-hydrogen) atoms. The molecule has 8 heteroatoms. The number of anilines is 1. The standard InChI is InChI=1S/C23H33N3O4S/c1-23(2)19-14-18(11-12-20(19)25(3)22(23)28)31(29,30)26-13-7-8-16(15-26)21(27)24-17-9-5-4-6-10-17/h11-12,14,16-17H,4-10,13,15H2,1-3H3,(H,24,27)/t16-/m0/s1. The Morgan fingerprint density at radius 3 is 2.52 bits per heavy atom. The highest BCUT2D eigenvalue weighted by atomic mass is 32.2.